The third kappa shape index (κ3) is 4.10. The molecular weight excluding hydrogens is 400 g/mol. The second kappa shape index (κ2) is 8.92. The zero-order valence-corrected chi connectivity index (χ0v) is 19.0. The van der Waals surface area contributed by atoms with Gasteiger partial charge >= 0.3 is 0 Å². The number of nitrogens with zero attached hydrogens (tertiary/aromatic N) is 2. The molecule has 0 spiro atoms. The van der Waals surface area contributed by atoms with E-state index in [0.717, 1.165) is 58.2 Å². The van der Waals surface area contributed by atoms with Crippen molar-refractivity contribution in [3.05, 3.63) is 45.1 Å². The molecule has 3 aromatic rings. The van der Waals surface area contributed by atoms with Crippen LogP contribution in [0.3, 0.4) is 0 Å². The molecule has 0 N–H and O–H groups in total. The maximum atomic E-state index is 13.7. The molecule has 0 saturated heterocycles. The van der Waals surface area contributed by atoms with Gasteiger partial charge in [0.15, 0.2) is 5.16 Å². The molecule has 6 heteroatoms. The number of ether oxygens (including phenoxy) is 1. The lowest BCUT2D eigenvalue weighted by Crippen LogP contribution is -2.22. The minimum absolute atomic E-state index is 0.0743. The molecule has 4 nitrogen and oxygen atoms in total. The van der Waals surface area contributed by atoms with Crippen LogP contribution in [-0.4, -0.2) is 22.4 Å². The van der Waals surface area contributed by atoms with Crippen LogP contribution >= 0.6 is 23.1 Å². The van der Waals surface area contributed by atoms with Crippen molar-refractivity contribution in [3.63, 3.8) is 0 Å². The molecule has 0 bridgehead atoms. The Bertz CT molecular complexity index is 1050. The molecule has 4 rings (SSSR count). The highest BCUT2D eigenvalue weighted by atomic mass is 32.2. The van der Waals surface area contributed by atoms with Gasteiger partial charge in [-0.25, -0.2) is 4.98 Å². The summed E-state index contributed by atoms with van der Waals surface area (Å²) in [6, 6.07) is 7.71. The fourth-order valence-corrected chi connectivity index (χ4v) is 6.38. The van der Waals surface area contributed by atoms with Crippen LogP contribution in [-0.2, 0) is 12.8 Å². The van der Waals surface area contributed by atoms with E-state index in [-0.39, 0.29) is 5.56 Å². The Balaban J connectivity index is 1.84. The molecule has 0 aliphatic heterocycles. The van der Waals surface area contributed by atoms with Crippen LogP contribution in [0.2, 0.25) is 0 Å². The Hall–Kier alpha value is -1.79. The molecule has 2 heterocycles. The summed E-state index contributed by atoms with van der Waals surface area (Å²) in [5.74, 6) is 2.45. The summed E-state index contributed by atoms with van der Waals surface area (Å²) in [5, 5.41) is 1.64. The van der Waals surface area contributed by atoms with Crippen LogP contribution in [0.1, 0.15) is 50.0 Å². The van der Waals surface area contributed by atoms with Crippen molar-refractivity contribution in [2.45, 2.75) is 57.5 Å². The summed E-state index contributed by atoms with van der Waals surface area (Å²) >= 11 is 3.42. The minimum Gasteiger partial charge on any atom is -0.497 e. The van der Waals surface area contributed by atoms with Gasteiger partial charge in [-0.2, -0.15) is 0 Å². The standard InChI is InChI=1S/C23H28N2O2S2/c1-4-5-6-13-28-23-24-21-20(18-12-7-15(2)14-19(18)29-21)22(26)25(23)16-8-10-17(27-3)11-9-16/h8-11,15H,4-7,12-14H2,1-3H3/t15-/m1/s1. The van der Waals surface area contributed by atoms with Crippen LogP contribution in [0.25, 0.3) is 15.9 Å². The van der Waals surface area contributed by atoms with Gasteiger partial charge in [-0.3, -0.25) is 9.36 Å². The van der Waals surface area contributed by atoms with Crippen molar-refractivity contribution in [2.24, 2.45) is 5.92 Å². The quantitative estimate of drug-likeness (QED) is 0.268. The fraction of sp³-hybridized carbons (Fsp3) is 0.478. The number of rotatable bonds is 7. The van der Waals surface area contributed by atoms with Gasteiger partial charge in [-0.1, -0.05) is 38.5 Å². The fourth-order valence-electron chi connectivity index (χ4n) is 3.94. The highest BCUT2D eigenvalue weighted by Gasteiger charge is 2.25. The van der Waals surface area contributed by atoms with Gasteiger partial charge in [0.25, 0.3) is 5.56 Å². The lowest BCUT2D eigenvalue weighted by Gasteiger charge is -2.18. The highest BCUT2D eigenvalue weighted by Crippen LogP contribution is 2.37. The summed E-state index contributed by atoms with van der Waals surface area (Å²) in [4.78, 5) is 21.0. The van der Waals surface area contributed by atoms with Gasteiger partial charge in [-0.05, 0) is 61.4 Å². The molecule has 2 aromatic heterocycles. The molecule has 0 unspecified atom stereocenters. The number of hydrogen-bond acceptors (Lipinski definition) is 5. The number of methoxy groups -OCH3 is 1. The number of aryl methyl sites for hydroxylation is 1. The van der Waals surface area contributed by atoms with E-state index in [4.69, 9.17) is 9.72 Å². The Morgan fingerprint density at radius 3 is 2.79 bits per heavy atom. The zero-order valence-electron chi connectivity index (χ0n) is 17.4. The van der Waals surface area contributed by atoms with Gasteiger partial charge < -0.3 is 4.74 Å². The molecule has 0 amide bonds. The van der Waals surface area contributed by atoms with Crippen LogP contribution in [0, 0.1) is 5.92 Å². The topological polar surface area (TPSA) is 44.1 Å². The van der Waals surface area contributed by atoms with E-state index < -0.39 is 0 Å². The van der Waals surface area contributed by atoms with Crippen molar-refractivity contribution < 1.29 is 4.74 Å². The second-order valence-electron chi connectivity index (χ2n) is 7.82. The maximum Gasteiger partial charge on any atom is 0.267 e. The molecule has 1 aliphatic carbocycles. The number of thioether (sulfide) groups is 1. The Labute approximate surface area is 180 Å². The van der Waals surface area contributed by atoms with E-state index in [0.29, 0.717) is 5.92 Å². The molecule has 1 aliphatic rings. The van der Waals surface area contributed by atoms with Gasteiger partial charge in [0, 0.05) is 10.6 Å². The van der Waals surface area contributed by atoms with E-state index in [9.17, 15) is 4.79 Å². The predicted molar refractivity (Wildman–Crippen MR) is 123 cm³/mol. The molecule has 1 aromatic carbocycles. The van der Waals surface area contributed by atoms with Gasteiger partial charge in [0.2, 0.25) is 0 Å². The highest BCUT2D eigenvalue weighted by molar-refractivity contribution is 7.99. The molecule has 154 valence electrons. The van der Waals surface area contributed by atoms with E-state index in [1.807, 2.05) is 28.8 Å². The number of hydrogen-bond donors (Lipinski definition) is 0. The summed E-state index contributed by atoms with van der Waals surface area (Å²) < 4.78 is 7.10. The van der Waals surface area contributed by atoms with Gasteiger partial charge in [0.1, 0.15) is 10.6 Å². The van der Waals surface area contributed by atoms with E-state index in [1.165, 1.54) is 23.3 Å². The molecule has 0 saturated carbocycles. The molecular formula is C23H28N2O2S2. The lowest BCUT2D eigenvalue weighted by molar-refractivity contribution is 0.414. The van der Waals surface area contributed by atoms with Crippen LogP contribution in [0.15, 0.2) is 34.2 Å². The largest absolute Gasteiger partial charge is 0.497 e. The summed E-state index contributed by atoms with van der Waals surface area (Å²) in [6.07, 6.45) is 6.72. The Morgan fingerprint density at radius 1 is 1.28 bits per heavy atom. The average molecular weight is 429 g/mol. The van der Waals surface area contributed by atoms with Crippen molar-refractivity contribution in [2.75, 3.05) is 12.9 Å². The first kappa shape index (κ1) is 20.5. The number of thiophene rings is 1. The summed E-state index contributed by atoms with van der Waals surface area (Å²) in [7, 11) is 1.66. The van der Waals surface area contributed by atoms with Gasteiger partial charge in [-0.15, -0.1) is 11.3 Å². The summed E-state index contributed by atoms with van der Waals surface area (Å²) in [5.41, 5.74) is 2.17. The third-order valence-electron chi connectivity index (χ3n) is 5.61. The zero-order chi connectivity index (χ0) is 20.4. The minimum atomic E-state index is 0.0743. The smallest absolute Gasteiger partial charge is 0.267 e. The molecule has 1 atom stereocenters. The van der Waals surface area contributed by atoms with Crippen molar-refractivity contribution in [3.8, 4) is 11.4 Å². The van der Waals surface area contributed by atoms with E-state index >= 15 is 0 Å². The van der Waals surface area contributed by atoms with Crippen molar-refractivity contribution in [1.29, 1.82) is 0 Å². The molecule has 29 heavy (non-hydrogen) atoms. The third-order valence-corrected chi connectivity index (χ3v) is 7.78. The van der Waals surface area contributed by atoms with Crippen molar-refractivity contribution in [1.82, 2.24) is 9.55 Å². The second-order valence-corrected chi connectivity index (χ2v) is 9.97. The first-order valence-corrected chi connectivity index (χ1v) is 12.3. The number of aromatic nitrogens is 2. The number of unbranched alkanes of at least 4 members (excludes halogenated alkanes) is 2. The van der Waals surface area contributed by atoms with Gasteiger partial charge in [0.05, 0.1) is 18.2 Å². The SMILES string of the molecule is CCCCCSc1nc2sc3c(c2c(=O)n1-c1ccc(OC)cc1)CC[C@@H](C)C3. The van der Waals surface area contributed by atoms with E-state index in [2.05, 4.69) is 13.8 Å². The van der Waals surface area contributed by atoms with Crippen molar-refractivity contribution >= 4 is 33.3 Å². The van der Waals surface area contributed by atoms with Crippen LogP contribution < -0.4 is 10.3 Å². The molecule has 0 fully saturated rings. The first-order valence-electron chi connectivity index (χ1n) is 10.5. The lowest BCUT2D eigenvalue weighted by atomic mass is 9.89. The van der Waals surface area contributed by atoms with Crippen LogP contribution in [0.5, 0.6) is 5.75 Å². The Morgan fingerprint density at radius 2 is 2.07 bits per heavy atom. The first-order chi connectivity index (χ1) is 14.1. The predicted octanol–water partition coefficient (Wildman–Crippen LogP) is 5.86. The molecule has 0 radical (unpaired) electrons. The average Bonchev–Trinajstić information content (AvgIpc) is 3.09. The maximum absolute atomic E-state index is 13.7. The monoisotopic (exact) mass is 428 g/mol. The number of fused-ring (bicyclic) bond motifs is 3. The number of benzene rings is 1. The van der Waals surface area contributed by atoms with E-state index in [1.54, 1.807) is 30.2 Å². The Kier molecular flexibility index (Phi) is 6.30. The summed E-state index contributed by atoms with van der Waals surface area (Å²) in [6.45, 7) is 4.50. The van der Waals surface area contributed by atoms with Crippen LogP contribution in [0.4, 0.5) is 0 Å². The normalized spacial score (nSPS) is 16.2.